The molecule has 62 heavy (non-hydrogen) atoms. The van der Waals surface area contributed by atoms with Gasteiger partial charge in [-0.15, -0.1) is 0 Å². The molecule has 3 aliphatic rings. The molecule has 4 heterocycles. The minimum Gasteiger partial charge on any atom is -0.459 e. The molecular weight excluding hydrogens is 801 g/mol. The number of carbonyl (C=O) groups is 3. The smallest absolute Gasteiger partial charge is 0.311 e. The van der Waals surface area contributed by atoms with Crippen LogP contribution in [-0.2, 0) is 44.5 Å². The third kappa shape index (κ3) is 11.2. The molecule has 3 fully saturated rings. The van der Waals surface area contributed by atoms with Crippen LogP contribution in [0.4, 0.5) is 0 Å². The third-order valence-corrected chi connectivity index (χ3v) is 13.8. The van der Waals surface area contributed by atoms with Crippen molar-refractivity contribution < 1.29 is 63.6 Å². The summed E-state index contributed by atoms with van der Waals surface area (Å²) in [5.41, 5.74) is -3.94. The average molecular weight is 873 g/mol. The lowest BCUT2D eigenvalue weighted by Gasteiger charge is -2.48. The Kier molecular flexibility index (Phi) is 16.1. The van der Waals surface area contributed by atoms with Crippen molar-refractivity contribution in [1.82, 2.24) is 10.3 Å². The Hall–Kier alpha value is -3.12. The van der Waals surface area contributed by atoms with E-state index in [0.29, 0.717) is 12.0 Å². The monoisotopic (exact) mass is 873 g/mol. The zero-order valence-electron chi connectivity index (χ0n) is 38.3. The fourth-order valence-corrected chi connectivity index (χ4v) is 9.95. The summed E-state index contributed by atoms with van der Waals surface area (Å²) in [7, 11) is 0. The van der Waals surface area contributed by atoms with Gasteiger partial charge in [-0.1, -0.05) is 65.8 Å². The number of rotatable bonds is 9. The van der Waals surface area contributed by atoms with E-state index in [0.717, 1.165) is 10.8 Å². The van der Waals surface area contributed by atoms with E-state index in [9.17, 15) is 39.9 Å². The summed E-state index contributed by atoms with van der Waals surface area (Å²) in [6.45, 7) is 18.4. The van der Waals surface area contributed by atoms with Gasteiger partial charge in [0.05, 0.1) is 54.6 Å². The lowest BCUT2D eigenvalue weighted by molar-refractivity contribution is -0.312. The number of nitrogens with zero attached hydrogens (tertiary/aromatic N) is 1. The van der Waals surface area contributed by atoms with Gasteiger partial charge in [0.2, 0.25) is 5.91 Å². The van der Waals surface area contributed by atoms with E-state index in [1.165, 1.54) is 20.8 Å². The van der Waals surface area contributed by atoms with Crippen LogP contribution in [0.3, 0.4) is 0 Å². The number of hydrogen-bond donors (Lipinski definition) is 6. The van der Waals surface area contributed by atoms with Gasteiger partial charge in [-0.3, -0.25) is 19.4 Å². The molecule has 15 heteroatoms. The van der Waals surface area contributed by atoms with Crippen molar-refractivity contribution in [2.24, 2.45) is 35.0 Å². The van der Waals surface area contributed by atoms with Crippen LogP contribution in [0.2, 0.25) is 0 Å². The highest BCUT2D eigenvalue weighted by molar-refractivity contribution is 5.89. The predicted molar refractivity (Wildman–Crippen MR) is 229 cm³/mol. The highest BCUT2D eigenvalue weighted by atomic mass is 16.7. The highest BCUT2D eigenvalue weighted by Gasteiger charge is 2.53. The van der Waals surface area contributed by atoms with Crippen molar-refractivity contribution in [3.05, 3.63) is 42.2 Å². The van der Waals surface area contributed by atoms with Crippen LogP contribution < -0.4 is 5.32 Å². The summed E-state index contributed by atoms with van der Waals surface area (Å²) in [4.78, 5) is 46.3. The standard InChI is InChI=1S/C47H72N2O13/c1-24-18-26(3)58-44(38(24)52)62-42-28(5)39(61-36-21-45(8,9)41(54)30(7)59-36)29(6)43(55)60-34(47(11,57)40(53)27(4)37(51)25(2)20-46(42,10)56)16-17-49-35(50)19-32-23-48-22-31-14-12-13-15-33(31)32/h12-15,22-30,34,36,38-42,44,52-54,56-57H,16-21H2,1-11H3,(H,49,50)/t24?,25-,26?,27+,28+,29-,30?,34-,36?,38?,39+,40-,41?,42-,44?,46-,47-/m1/s1. The lowest BCUT2D eigenvalue weighted by atomic mass is 9.74. The van der Waals surface area contributed by atoms with Crippen LogP contribution in [0, 0.1) is 35.0 Å². The third-order valence-electron chi connectivity index (χ3n) is 13.8. The van der Waals surface area contributed by atoms with E-state index in [-0.39, 0.29) is 50.2 Å². The first-order valence-electron chi connectivity index (χ1n) is 22.3. The van der Waals surface area contributed by atoms with Crippen LogP contribution in [0.1, 0.15) is 107 Å². The molecular formula is C47H72N2O13. The highest BCUT2D eigenvalue weighted by Crippen LogP contribution is 2.42. The lowest BCUT2D eigenvalue weighted by Crippen LogP contribution is -2.59. The molecule has 1 aromatic carbocycles. The first-order chi connectivity index (χ1) is 28.8. The number of esters is 1. The van der Waals surface area contributed by atoms with Gasteiger partial charge in [-0.25, -0.2) is 0 Å². The number of nitrogens with one attached hydrogen (secondary N) is 1. The second kappa shape index (κ2) is 20.0. The summed E-state index contributed by atoms with van der Waals surface area (Å²) < 4.78 is 31.7. The second-order valence-corrected chi connectivity index (χ2v) is 19.8. The number of ether oxygens (including phenoxy) is 5. The van der Waals surface area contributed by atoms with Gasteiger partial charge in [-0.05, 0) is 69.7 Å². The van der Waals surface area contributed by atoms with Gasteiger partial charge in [0.15, 0.2) is 12.6 Å². The Morgan fingerprint density at radius 1 is 0.887 bits per heavy atom. The average Bonchev–Trinajstić information content (AvgIpc) is 3.20. The van der Waals surface area contributed by atoms with Crippen molar-refractivity contribution in [3.63, 3.8) is 0 Å². The van der Waals surface area contributed by atoms with E-state index in [4.69, 9.17) is 23.7 Å². The summed E-state index contributed by atoms with van der Waals surface area (Å²) in [5, 5.41) is 63.2. The fourth-order valence-electron chi connectivity index (χ4n) is 9.95. The topological polar surface area (TPSA) is 223 Å². The summed E-state index contributed by atoms with van der Waals surface area (Å²) in [5.74, 6) is -5.94. The first-order valence-corrected chi connectivity index (χ1v) is 22.3. The molecule has 15 nitrogen and oxygen atoms in total. The van der Waals surface area contributed by atoms with Crippen molar-refractivity contribution in [2.75, 3.05) is 6.54 Å². The Labute approximate surface area is 366 Å². The number of hydrogen-bond acceptors (Lipinski definition) is 14. The van der Waals surface area contributed by atoms with Crippen molar-refractivity contribution in [2.45, 2.75) is 181 Å². The normalized spacial score (nSPS) is 41.3. The molecule has 348 valence electrons. The summed E-state index contributed by atoms with van der Waals surface area (Å²) >= 11 is 0. The fraction of sp³-hybridized carbons (Fsp3) is 0.745. The number of carbonyl (C=O) groups excluding carboxylic acids is 3. The minimum atomic E-state index is -2.20. The number of aliphatic hydroxyl groups is 5. The molecule has 0 aliphatic carbocycles. The van der Waals surface area contributed by atoms with Crippen molar-refractivity contribution in [1.29, 1.82) is 0 Å². The summed E-state index contributed by atoms with van der Waals surface area (Å²) in [6, 6.07) is 7.58. The number of Topliss-reactive ketones (excluding diaryl/α,β-unsaturated/α-hetero) is 1. The Morgan fingerprint density at radius 2 is 1.56 bits per heavy atom. The van der Waals surface area contributed by atoms with Crippen LogP contribution in [0.15, 0.2) is 36.7 Å². The predicted octanol–water partition coefficient (Wildman–Crippen LogP) is 4.00. The number of fused-ring (bicyclic) bond motifs is 1. The summed E-state index contributed by atoms with van der Waals surface area (Å²) in [6.07, 6.45) is -6.53. The minimum absolute atomic E-state index is 0.0125. The van der Waals surface area contributed by atoms with Crippen molar-refractivity contribution >= 4 is 28.4 Å². The van der Waals surface area contributed by atoms with Crippen molar-refractivity contribution in [3.8, 4) is 0 Å². The molecule has 3 saturated heterocycles. The van der Waals surface area contributed by atoms with Crippen LogP contribution in [0.5, 0.6) is 0 Å². The number of aliphatic hydroxyl groups excluding tert-OH is 3. The molecule has 7 unspecified atom stereocenters. The van der Waals surface area contributed by atoms with E-state index < -0.39 is 107 Å². The van der Waals surface area contributed by atoms with E-state index in [2.05, 4.69) is 10.3 Å². The molecule has 17 atom stereocenters. The molecule has 0 spiro atoms. The van der Waals surface area contributed by atoms with Gasteiger partial charge in [0, 0.05) is 54.9 Å². The zero-order chi connectivity index (χ0) is 46.1. The maximum atomic E-state index is 14.6. The molecule has 2 aromatic rings. The molecule has 0 radical (unpaired) electrons. The molecule has 0 saturated carbocycles. The molecule has 6 N–H and O–H groups in total. The molecule has 1 amide bonds. The number of cyclic esters (lactones) is 1. The second-order valence-electron chi connectivity index (χ2n) is 19.8. The van der Waals surface area contributed by atoms with Gasteiger partial charge in [0.1, 0.15) is 23.6 Å². The number of aromatic nitrogens is 1. The van der Waals surface area contributed by atoms with Gasteiger partial charge in [0.25, 0.3) is 0 Å². The number of benzene rings is 1. The maximum absolute atomic E-state index is 14.6. The van der Waals surface area contributed by atoms with Crippen LogP contribution in [0.25, 0.3) is 10.8 Å². The number of ketones is 1. The van der Waals surface area contributed by atoms with Gasteiger partial charge in [-0.2, -0.15) is 0 Å². The zero-order valence-corrected chi connectivity index (χ0v) is 38.3. The largest absolute Gasteiger partial charge is 0.459 e. The Bertz CT molecular complexity index is 1850. The molecule has 3 aliphatic heterocycles. The quantitative estimate of drug-likeness (QED) is 0.196. The first kappa shape index (κ1) is 49.9. The van der Waals surface area contributed by atoms with E-state index in [1.54, 1.807) is 40.1 Å². The molecule has 0 bridgehead atoms. The molecule has 1 aromatic heterocycles. The van der Waals surface area contributed by atoms with Gasteiger partial charge < -0.3 is 54.5 Å². The van der Waals surface area contributed by atoms with E-state index >= 15 is 0 Å². The Morgan fingerprint density at radius 3 is 2.24 bits per heavy atom. The number of pyridine rings is 1. The van der Waals surface area contributed by atoms with Crippen LogP contribution in [-0.4, -0.2) is 127 Å². The van der Waals surface area contributed by atoms with Crippen LogP contribution >= 0.6 is 0 Å². The SMILES string of the molecule is CC1CC(C)C(O)C(O[C@@H]2[C@@H](C)[C@H](OC3CC(C)(C)C(O)C(C)O3)[C@@H](C)C(=O)O[C@H](CCNC(=O)Cc3cncc4ccccc34)[C@@](C)(O)[C@H](O)[C@@H](C)C(=O)[C@H](C)C[C@@]2(C)O)O1. The number of amides is 1. The molecule has 5 rings (SSSR count). The Balaban J connectivity index is 1.50. The maximum Gasteiger partial charge on any atom is 0.311 e. The van der Waals surface area contributed by atoms with Gasteiger partial charge >= 0.3 is 5.97 Å². The van der Waals surface area contributed by atoms with E-state index in [1.807, 2.05) is 52.0 Å².